The van der Waals surface area contributed by atoms with Crippen LogP contribution >= 0.6 is 15.9 Å². The van der Waals surface area contributed by atoms with Crippen molar-refractivity contribution in [1.29, 1.82) is 0 Å². The minimum Gasteiger partial charge on any atom is -0.236 e. The van der Waals surface area contributed by atoms with Crippen LogP contribution in [0.1, 0.15) is 38.2 Å². The van der Waals surface area contributed by atoms with E-state index >= 15 is 0 Å². The van der Waals surface area contributed by atoms with Crippen molar-refractivity contribution in [1.82, 2.24) is 19.9 Å². The van der Waals surface area contributed by atoms with Gasteiger partial charge >= 0.3 is 0 Å². The summed E-state index contributed by atoms with van der Waals surface area (Å²) < 4.78 is 1.04. The van der Waals surface area contributed by atoms with Crippen LogP contribution in [-0.2, 0) is 6.42 Å². The highest BCUT2D eigenvalue weighted by Crippen LogP contribution is 2.20. The molecule has 1 aromatic carbocycles. The Balaban J connectivity index is 1.66. The second-order valence-electron chi connectivity index (χ2n) is 6.03. The lowest BCUT2D eigenvalue weighted by atomic mass is 10.1. The van der Waals surface area contributed by atoms with Gasteiger partial charge in [0.2, 0.25) is 0 Å². The van der Waals surface area contributed by atoms with Crippen LogP contribution in [0.5, 0.6) is 0 Å². The molecule has 0 bridgehead atoms. The van der Waals surface area contributed by atoms with Crippen LogP contribution in [0.4, 0.5) is 0 Å². The van der Waals surface area contributed by atoms with Crippen molar-refractivity contribution in [2.75, 3.05) is 0 Å². The molecule has 0 saturated heterocycles. The Bertz CT molecular complexity index is 783. The van der Waals surface area contributed by atoms with Gasteiger partial charge in [0.15, 0.2) is 11.6 Å². The number of aromatic nitrogens is 4. The Morgan fingerprint density at radius 1 is 0.720 bits per heavy atom. The molecule has 25 heavy (non-hydrogen) atoms. The first kappa shape index (κ1) is 17.7. The van der Waals surface area contributed by atoms with E-state index in [-0.39, 0.29) is 0 Å². The molecule has 4 nitrogen and oxygen atoms in total. The highest BCUT2D eigenvalue weighted by atomic mass is 79.9. The maximum absolute atomic E-state index is 4.46. The van der Waals surface area contributed by atoms with Crippen molar-refractivity contribution in [2.45, 2.75) is 39.0 Å². The summed E-state index contributed by atoms with van der Waals surface area (Å²) in [5.41, 5.74) is 3.00. The number of unbranched alkanes of at least 4 members (excludes halogenated alkanes) is 3. The molecule has 0 spiro atoms. The van der Waals surface area contributed by atoms with Crippen molar-refractivity contribution in [3.05, 3.63) is 59.1 Å². The monoisotopic (exact) mass is 396 g/mol. The number of benzene rings is 1. The predicted octanol–water partition coefficient (Wildman–Crippen LogP) is 5.49. The van der Waals surface area contributed by atoms with Crippen molar-refractivity contribution >= 4 is 15.9 Å². The van der Waals surface area contributed by atoms with E-state index in [1.165, 1.54) is 31.2 Å². The summed E-state index contributed by atoms with van der Waals surface area (Å²) in [5, 5.41) is 0. The van der Waals surface area contributed by atoms with E-state index in [2.05, 4.69) is 42.8 Å². The lowest BCUT2D eigenvalue weighted by Gasteiger charge is -2.04. The smallest absolute Gasteiger partial charge is 0.162 e. The summed E-state index contributed by atoms with van der Waals surface area (Å²) in [5.74, 6) is 1.36. The average molecular weight is 397 g/mol. The van der Waals surface area contributed by atoms with Crippen LogP contribution in [0.2, 0.25) is 0 Å². The molecule has 3 rings (SSSR count). The Labute approximate surface area is 156 Å². The molecule has 0 unspecified atom stereocenters. The van der Waals surface area contributed by atoms with Gasteiger partial charge in [0, 0.05) is 34.8 Å². The van der Waals surface area contributed by atoms with E-state index in [1.54, 1.807) is 12.4 Å². The molecule has 0 radical (unpaired) electrons. The van der Waals surface area contributed by atoms with Crippen LogP contribution in [0.3, 0.4) is 0 Å². The Morgan fingerprint density at radius 2 is 1.32 bits per heavy atom. The van der Waals surface area contributed by atoms with Gasteiger partial charge in [0.25, 0.3) is 0 Å². The Kier molecular flexibility index (Phi) is 6.23. The van der Waals surface area contributed by atoms with E-state index < -0.39 is 0 Å². The van der Waals surface area contributed by atoms with E-state index in [0.29, 0.717) is 11.6 Å². The van der Waals surface area contributed by atoms with Gasteiger partial charge in [-0.25, -0.2) is 19.9 Å². The SMILES string of the molecule is CCCCCCc1cnc(-c2cnc(-c3ccc(Br)cc3)nc2)nc1. The summed E-state index contributed by atoms with van der Waals surface area (Å²) >= 11 is 3.43. The first-order chi connectivity index (χ1) is 12.3. The van der Waals surface area contributed by atoms with Gasteiger partial charge in [-0.1, -0.05) is 54.2 Å². The molecular weight excluding hydrogens is 376 g/mol. The van der Waals surface area contributed by atoms with Crippen LogP contribution < -0.4 is 0 Å². The predicted molar refractivity (Wildman–Crippen MR) is 104 cm³/mol. The Hall–Kier alpha value is -2.14. The summed E-state index contributed by atoms with van der Waals surface area (Å²) in [6.07, 6.45) is 13.4. The molecule has 0 fully saturated rings. The van der Waals surface area contributed by atoms with Crippen LogP contribution in [-0.4, -0.2) is 19.9 Å². The standard InChI is InChI=1S/C20H21BrN4/c1-2-3-4-5-6-15-11-22-20(23-12-15)17-13-24-19(25-14-17)16-7-9-18(21)10-8-16/h7-14H,2-6H2,1H3. The van der Waals surface area contributed by atoms with Gasteiger partial charge in [-0.15, -0.1) is 0 Å². The van der Waals surface area contributed by atoms with Gasteiger partial charge in [0.05, 0.1) is 5.56 Å². The topological polar surface area (TPSA) is 51.6 Å². The van der Waals surface area contributed by atoms with E-state index in [9.17, 15) is 0 Å². The number of rotatable bonds is 7. The number of aryl methyl sites for hydroxylation is 1. The number of hydrogen-bond acceptors (Lipinski definition) is 4. The minimum atomic E-state index is 0.666. The molecule has 5 heteroatoms. The quantitative estimate of drug-likeness (QED) is 0.495. The number of hydrogen-bond donors (Lipinski definition) is 0. The zero-order valence-corrected chi connectivity index (χ0v) is 15.9. The molecule has 0 aliphatic heterocycles. The fourth-order valence-electron chi connectivity index (χ4n) is 2.58. The fraction of sp³-hybridized carbons (Fsp3) is 0.300. The third-order valence-electron chi connectivity index (χ3n) is 4.04. The van der Waals surface area contributed by atoms with Crippen LogP contribution in [0.15, 0.2) is 53.5 Å². The third kappa shape index (κ3) is 4.92. The average Bonchev–Trinajstić information content (AvgIpc) is 2.67. The van der Waals surface area contributed by atoms with E-state index in [4.69, 9.17) is 0 Å². The highest BCUT2D eigenvalue weighted by molar-refractivity contribution is 9.10. The number of nitrogens with zero attached hydrogens (tertiary/aromatic N) is 4. The zero-order valence-electron chi connectivity index (χ0n) is 14.3. The molecular formula is C20H21BrN4. The van der Waals surface area contributed by atoms with Crippen molar-refractivity contribution in [3.8, 4) is 22.8 Å². The van der Waals surface area contributed by atoms with Crippen LogP contribution in [0.25, 0.3) is 22.8 Å². The Morgan fingerprint density at radius 3 is 1.96 bits per heavy atom. The molecule has 2 aromatic heterocycles. The minimum absolute atomic E-state index is 0.666. The molecule has 0 saturated carbocycles. The third-order valence-corrected chi connectivity index (χ3v) is 4.57. The van der Waals surface area contributed by atoms with Gasteiger partial charge < -0.3 is 0 Å². The van der Waals surface area contributed by atoms with Gasteiger partial charge in [0.1, 0.15) is 0 Å². The second kappa shape index (κ2) is 8.81. The van der Waals surface area contributed by atoms with E-state index in [1.807, 2.05) is 36.7 Å². The molecule has 3 aromatic rings. The lowest BCUT2D eigenvalue weighted by Crippen LogP contribution is -1.95. The molecule has 0 atom stereocenters. The molecule has 0 amide bonds. The molecule has 0 aliphatic carbocycles. The molecule has 0 aliphatic rings. The normalized spacial score (nSPS) is 10.8. The number of halogens is 1. The first-order valence-electron chi connectivity index (χ1n) is 8.65. The van der Waals surface area contributed by atoms with Gasteiger partial charge in [-0.3, -0.25) is 0 Å². The molecule has 128 valence electrons. The second-order valence-corrected chi connectivity index (χ2v) is 6.94. The zero-order chi connectivity index (χ0) is 17.5. The maximum atomic E-state index is 4.46. The summed E-state index contributed by atoms with van der Waals surface area (Å²) in [6, 6.07) is 7.94. The van der Waals surface area contributed by atoms with Gasteiger partial charge in [-0.2, -0.15) is 0 Å². The lowest BCUT2D eigenvalue weighted by molar-refractivity contribution is 0.665. The summed E-state index contributed by atoms with van der Waals surface area (Å²) in [6.45, 7) is 2.22. The van der Waals surface area contributed by atoms with Crippen molar-refractivity contribution < 1.29 is 0 Å². The van der Waals surface area contributed by atoms with Crippen molar-refractivity contribution in [3.63, 3.8) is 0 Å². The molecule has 0 N–H and O–H groups in total. The van der Waals surface area contributed by atoms with Crippen molar-refractivity contribution in [2.24, 2.45) is 0 Å². The summed E-state index contributed by atoms with van der Waals surface area (Å²) in [4.78, 5) is 17.8. The largest absolute Gasteiger partial charge is 0.236 e. The first-order valence-corrected chi connectivity index (χ1v) is 9.45. The van der Waals surface area contributed by atoms with Crippen LogP contribution in [0, 0.1) is 0 Å². The van der Waals surface area contributed by atoms with E-state index in [0.717, 1.165) is 22.0 Å². The maximum Gasteiger partial charge on any atom is 0.162 e. The fourth-order valence-corrected chi connectivity index (χ4v) is 2.84. The molecule has 2 heterocycles. The van der Waals surface area contributed by atoms with Gasteiger partial charge in [-0.05, 0) is 30.5 Å². The highest BCUT2D eigenvalue weighted by Gasteiger charge is 2.05. The summed E-state index contributed by atoms with van der Waals surface area (Å²) in [7, 11) is 0.